The molecule has 1 fully saturated rings. The summed E-state index contributed by atoms with van der Waals surface area (Å²) < 4.78 is 1.58. The SMILES string of the molecule is Cc1nn(C)cc1C(=O)N1CCCC(C)(C)C1C(=O)O. The number of carbonyl (C=O) groups is 2. The third-order valence-electron chi connectivity index (χ3n) is 4.01. The number of carboxylic acid groups (broad SMARTS) is 1. The van der Waals surface area contributed by atoms with Crippen LogP contribution in [0.3, 0.4) is 0 Å². The molecule has 6 nitrogen and oxygen atoms in total. The Morgan fingerprint density at radius 3 is 2.60 bits per heavy atom. The van der Waals surface area contributed by atoms with Gasteiger partial charge in [0.25, 0.3) is 5.91 Å². The minimum Gasteiger partial charge on any atom is -0.480 e. The predicted molar refractivity (Wildman–Crippen MR) is 73.4 cm³/mol. The van der Waals surface area contributed by atoms with Crippen LogP contribution in [0.2, 0.25) is 0 Å². The van der Waals surface area contributed by atoms with Crippen molar-refractivity contribution in [2.24, 2.45) is 12.5 Å². The number of amides is 1. The van der Waals surface area contributed by atoms with Crippen molar-refractivity contribution in [2.45, 2.75) is 39.7 Å². The van der Waals surface area contributed by atoms with Crippen molar-refractivity contribution in [3.8, 4) is 0 Å². The second-order valence-corrected chi connectivity index (χ2v) is 6.13. The molecule has 1 amide bonds. The molecule has 0 radical (unpaired) electrons. The zero-order chi connectivity index (χ0) is 15.1. The van der Waals surface area contributed by atoms with Crippen LogP contribution in [0.4, 0.5) is 0 Å². The van der Waals surface area contributed by atoms with Crippen LogP contribution in [-0.2, 0) is 11.8 Å². The largest absolute Gasteiger partial charge is 0.480 e. The first-order chi connectivity index (χ1) is 9.24. The summed E-state index contributed by atoms with van der Waals surface area (Å²) in [4.78, 5) is 25.7. The molecule has 6 heteroatoms. The van der Waals surface area contributed by atoms with Crippen LogP contribution in [0.25, 0.3) is 0 Å². The molecule has 110 valence electrons. The number of nitrogens with zero attached hydrogens (tertiary/aromatic N) is 3. The molecule has 1 aliphatic heterocycles. The fraction of sp³-hybridized carbons (Fsp3) is 0.643. The maximum atomic E-state index is 12.6. The smallest absolute Gasteiger partial charge is 0.326 e. The summed E-state index contributed by atoms with van der Waals surface area (Å²) in [6, 6.07) is -0.789. The summed E-state index contributed by atoms with van der Waals surface area (Å²) in [5.74, 6) is -1.18. The molecule has 1 aromatic heterocycles. The lowest BCUT2D eigenvalue weighted by atomic mass is 9.76. The van der Waals surface area contributed by atoms with E-state index in [2.05, 4.69) is 5.10 Å². The van der Waals surface area contributed by atoms with Crippen LogP contribution < -0.4 is 0 Å². The summed E-state index contributed by atoms with van der Waals surface area (Å²) >= 11 is 0. The van der Waals surface area contributed by atoms with Crippen LogP contribution in [0.15, 0.2) is 6.20 Å². The van der Waals surface area contributed by atoms with E-state index in [0.717, 1.165) is 12.8 Å². The van der Waals surface area contributed by atoms with Gasteiger partial charge in [0.2, 0.25) is 0 Å². The van der Waals surface area contributed by atoms with E-state index in [-0.39, 0.29) is 5.91 Å². The number of hydrogen-bond acceptors (Lipinski definition) is 3. The molecular formula is C14H21N3O3. The summed E-state index contributed by atoms with van der Waals surface area (Å²) in [6.45, 7) is 6.05. The van der Waals surface area contributed by atoms with E-state index >= 15 is 0 Å². The molecule has 1 saturated heterocycles. The van der Waals surface area contributed by atoms with E-state index in [4.69, 9.17) is 0 Å². The molecule has 1 aliphatic rings. The van der Waals surface area contributed by atoms with Gasteiger partial charge in [0, 0.05) is 19.8 Å². The van der Waals surface area contributed by atoms with Crippen molar-refractivity contribution < 1.29 is 14.7 Å². The third kappa shape index (κ3) is 2.42. The number of piperidine rings is 1. The van der Waals surface area contributed by atoms with Gasteiger partial charge >= 0.3 is 5.97 Å². The van der Waals surface area contributed by atoms with Crippen LogP contribution >= 0.6 is 0 Å². The predicted octanol–water partition coefficient (Wildman–Crippen LogP) is 1.44. The van der Waals surface area contributed by atoms with E-state index < -0.39 is 17.4 Å². The number of carbonyl (C=O) groups excluding carboxylic acids is 1. The molecule has 1 aromatic rings. The molecule has 0 aliphatic carbocycles. The van der Waals surface area contributed by atoms with Gasteiger partial charge in [0.15, 0.2) is 0 Å². The standard InChI is InChI=1S/C14H21N3O3/c1-9-10(8-16(4)15-9)12(18)17-7-5-6-14(2,3)11(17)13(19)20/h8,11H,5-7H2,1-4H3,(H,19,20). The van der Waals surface area contributed by atoms with Gasteiger partial charge in [0.05, 0.1) is 11.3 Å². The zero-order valence-electron chi connectivity index (χ0n) is 12.4. The average molecular weight is 279 g/mol. The average Bonchev–Trinajstić information content (AvgIpc) is 2.65. The Hall–Kier alpha value is -1.85. The van der Waals surface area contributed by atoms with E-state index in [1.807, 2.05) is 13.8 Å². The fourth-order valence-electron chi connectivity index (χ4n) is 3.04. The monoisotopic (exact) mass is 279 g/mol. The first-order valence-electron chi connectivity index (χ1n) is 6.78. The van der Waals surface area contributed by atoms with Gasteiger partial charge in [-0.2, -0.15) is 5.10 Å². The lowest BCUT2D eigenvalue weighted by molar-refractivity contribution is -0.148. The molecule has 0 spiro atoms. The first kappa shape index (κ1) is 14.6. The summed E-state index contributed by atoms with van der Waals surface area (Å²) in [6.07, 6.45) is 3.28. The minimum atomic E-state index is -0.940. The Morgan fingerprint density at radius 1 is 1.45 bits per heavy atom. The van der Waals surface area contributed by atoms with Gasteiger partial charge in [-0.3, -0.25) is 9.48 Å². The number of aryl methyl sites for hydroxylation is 2. The molecule has 0 bridgehead atoms. The van der Waals surface area contributed by atoms with Crippen molar-refractivity contribution in [2.75, 3.05) is 6.54 Å². The molecular weight excluding hydrogens is 258 g/mol. The van der Waals surface area contributed by atoms with Gasteiger partial charge in [-0.1, -0.05) is 13.8 Å². The molecule has 20 heavy (non-hydrogen) atoms. The van der Waals surface area contributed by atoms with Gasteiger partial charge in [0.1, 0.15) is 6.04 Å². The second kappa shape index (κ2) is 4.92. The lowest BCUT2D eigenvalue weighted by Crippen LogP contribution is -2.56. The highest BCUT2D eigenvalue weighted by molar-refractivity contribution is 5.97. The van der Waals surface area contributed by atoms with Crippen molar-refractivity contribution >= 4 is 11.9 Å². The van der Waals surface area contributed by atoms with E-state index in [1.54, 1.807) is 24.9 Å². The number of hydrogen-bond donors (Lipinski definition) is 1. The number of aliphatic carboxylic acids is 1. The van der Waals surface area contributed by atoms with Crippen molar-refractivity contribution in [1.82, 2.24) is 14.7 Å². The van der Waals surface area contributed by atoms with Crippen molar-refractivity contribution in [3.05, 3.63) is 17.5 Å². The van der Waals surface area contributed by atoms with Gasteiger partial charge in [-0.05, 0) is 25.2 Å². The van der Waals surface area contributed by atoms with Crippen molar-refractivity contribution in [3.63, 3.8) is 0 Å². The highest BCUT2D eigenvalue weighted by atomic mass is 16.4. The molecule has 1 unspecified atom stereocenters. The Kier molecular flexibility index (Phi) is 3.58. The van der Waals surface area contributed by atoms with Gasteiger partial charge in [-0.25, -0.2) is 4.79 Å². The molecule has 0 aromatic carbocycles. The Labute approximate surface area is 118 Å². The van der Waals surface area contributed by atoms with Crippen LogP contribution in [0, 0.1) is 12.3 Å². The molecule has 2 rings (SSSR count). The molecule has 2 heterocycles. The number of likely N-dealkylation sites (tertiary alicyclic amines) is 1. The van der Waals surface area contributed by atoms with Crippen LogP contribution in [-0.4, -0.2) is 44.3 Å². The fourth-order valence-corrected chi connectivity index (χ4v) is 3.04. The quantitative estimate of drug-likeness (QED) is 0.889. The normalized spacial score (nSPS) is 21.8. The van der Waals surface area contributed by atoms with Gasteiger partial charge in [-0.15, -0.1) is 0 Å². The highest BCUT2D eigenvalue weighted by Crippen LogP contribution is 2.36. The molecule has 1 N–H and O–H groups in total. The van der Waals surface area contributed by atoms with E-state index in [9.17, 15) is 14.7 Å². The maximum absolute atomic E-state index is 12.6. The topological polar surface area (TPSA) is 75.4 Å². The molecule has 1 atom stereocenters. The number of carboxylic acids is 1. The minimum absolute atomic E-state index is 0.240. The zero-order valence-corrected chi connectivity index (χ0v) is 12.4. The summed E-state index contributed by atoms with van der Waals surface area (Å²) in [5.41, 5.74) is 0.692. The summed E-state index contributed by atoms with van der Waals surface area (Å²) in [5, 5.41) is 13.7. The Balaban J connectivity index is 2.36. The maximum Gasteiger partial charge on any atom is 0.326 e. The number of rotatable bonds is 2. The first-order valence-corrected chi connectivity index (χ1v) is 6.78. The number of aromatic nitrogens is 2. The third-order valence-corrected chi connectivity index (χ3v) is 4.01. The Morgan fingerprint density at radius 2 is 2.10 bits per heavy atom. The Bertz CT molecular complexity index is 548. The van der Waals surface area contributed by atoms with Crippen LogP contribution in [0.1, 0.15) is 42.7 Å². The van der Waals surface area contributed by atoms with Crippen LogP contribution in [0.5, 0.6) is 0 Å². The van der Waals surface area contributed by atoms with E-state index in [0.29, 0.717) is 17.8 Å². The second-order valence-electron chi connectivity index (χ2n) is 6.13. The van der Waals surface area contributed by atoms with Gasteiger partial charge < -0.3 is 10.0 Å². The van der Waals surface area contributed by atoms with Crippen molar-refractivity contribution in [1.29, 1.82) is 0 Å². The van der Waals surface area contributed by atoms with E-state index in [1.165, 1.54) is 4.90 Å². The summed E-state index contributed by atoms with van der Waals surface area (Å²) in [7, 11) is 1.75. The highest BCUT2D eigenvalue weighted by Gasteiger charge is 2.45. The molecule has 0 saturated carbocycles. The lowest BCUT2D eigenvalue weighted by Gasteiger charge is -2.43.